The molecule has 5 heteroatoms. The van der Waals surface area contributed by atoms with Crippen molar-refractivity contribution in [2.75, 3.05) is 17.2 Å². The number of carboxylic acid groups (broad SMARTS) is 1. The highest BCUT2D eigenvalue weighted by Gasteiger charge is 2.49. The Morgan fingerprint density at radius 1 is 1.44 bits per heavy atom. The number of hydrogen-bond acceptors (Lipinski definition) is 3. The van der Waals surface area contributed by atoms with Gasteiger partial charge in [0.25, 0.3) is 0 Å². The summed E-state index contributed by atoms with van der Waals surface area (Å²) >= 11 is 0. The molecule has 1 aliphatic heterocycles. The summed E-state index contributed by atoms with van der Waals surface area (Å²) in [4.78, 5) is 22.3. The molecule has 0 atom stereocenters. The number of carbonyl (C=O) groups is 2. The zero-order valence-corrected chi connectivity index (χ0v) is 9.82. The van der Waals surface area contributed by atoms with Gasteiger partial charge in [0, 0.05) is 17.9 Å². The average Bonchev–Trinajstić information content (AvgIpc) is 3.03. The Hall–Kier alpha value is -2.04. The fourth-order valence-corrected chi connectivity index (χ4v) is 2.23. The van der Waals surface area contributed by atoms with E-state index in [4.69, 9.17) is 5.11 Å². The van der Waals surface area contributed by atoms with Crippen molar-refractivity contribution in [1.82, 2.24) is 0 Å². The quantitative estimate of drug-likeness (QED) is 0.751. The highest BCUT2D eigenvalue weighted by atomic mass is 16.4. The average molecular weight is 246 g/mol. The van der Waals surface area contributed by atoms with E-state index in [0.29, 0.717) is 13.0 Å². The maximum Gasteiger partial charge on any atom is 0.311 e. The van der Waals surface area contributed by atoms with Gasteiger partial charge in [0.1, 0.15) is 0 Å². The number of amides is 1. The van der Waals surface area contributed by atoms with Crippen LogP contribution in [-0.2, 0) is 16.0 Å². The Labute approximate surface area is 104 Å². The maximum atomic E-state index is 11.2. The molecular weight excluding hydrogens is 232 g/mol. The van der Waals surface area contributed by atoms with Crippen LogP contribution < -0.4 is 10.6 Å². The number of carboxylic acids is 1. The van der Waals surface area contributed by atoms with E-state index in [0.717, 1.165) is 29.8 Å². The number of nitrogens with one attached hydrogen (secondary N) is 2. The number of fused-ring (bicyclic) bond motifs is 1. The van der Waals surface area contributed by atoms with E-state index in [-0.39, 0.29) is 5.91 Å². The van der Waals surface area contributed by atoms with Gasteiger partial charge in [0.15, 0.2) is 0 Å². The van der Waals surface area contributed by atoms with E-state index in [1.807, 2.05) is 18.2 Å². The first-order valence-corrected chi connectivity index (χ1v) is 5.99. The van der Waals surface area contributed by atoms with Crippen LogP contribution in [0.1, 0.15) is 18.4 Å². The van der Waals surface area contributed by atoms with E-state index < -0.39 is 11.4 Å². The maximum absolute atomic E-state index is 11.2. The van der Waals surface area contributed by atoms with Crippen LogP contribution in [0.25, 0.3) is 0 Å². The summed E-state index contributed by atoms with van der Waals surface area (Å²) in [6.45, 7) is 0.447. The zero-order valence-electron chi connectivity index (χ0n) is 9.82. The minimum absolute atomic E-state index is 0.00588. The topological polar surface area (TPSA) is 78.4 Å². The molecule has 3 N–H and O–H groups in total. The lowest BCUT2D eigenvalue weighted by atomic mass is 10.1. The van der Waals surface area contributed by atoms with Crippen LogP contribution in [-0.4, -0.2) is 23.5 Å². The Balaban J connectivity index is 1.70. The van der Waals surface area contributed by atoms with Gasteiger partial charge in [-0.05, 0) is 36.6 Å². The third kappa shape index (κ3) is 1.81. The van der Waals surface area contributed by atoms with Gasteiger partial charge in [-0.2, -0.15) is 0 Å². The van der Waals surface area contributed by atoms with Crippen molar-refractivity contribution in [3.05, 3.63) is 23.8 Å². The van der Waals surface area contributed by atoms with Crippen LogP contribution in [0, 0.1) is 5.41 Å². The molecule has 0 saturated heterocycles. The lowest BCUT2D eigenvalue weighted by Gasteiger charge is -2.12. The van der Waals surface area contributed by atoms with Gasteiger partial charge < -0.3 is 15.7 Å². The molecule has 1 aromatic rings. The number of aliphatic carboxylic acids is 1. The van der Waals surface area contributed by atoms with Gasteiger partial charge in [-0.25, -0.2) is 0 Å². The predicted molar refractivity (Wildman–Crippen MR) is 66.6 cm³/mol. The monoisotopic (exact) mass is 246 g/mol. The van der Waals surface area contributed by atoms with Crippen LogP contribution in [0.3, 0.4) is 0 Å². The summed E-state index contributed by atoms with van der Waals surface area (Å²) < 4.78 is 0. The molecule has 2 aliphatic rings. The van der Waals surface area contributed by atoms with Crippen molar-refractivity contribution in [3.8, 4) is 0 Å². The summed E-state index contributed by atoms with van der Waals surface area (Å²) in [5, 5.41) is 15.0. The molecular formula is C13H14N2O3. The Morgan fingerprint density at radius 2 is 2.22 bits per heavy atom. The summed E-state index contributed by atoms with van der Waals surface area (Å²) in [5.74, 6) is -0.723. The van der Waals surface area contributed by atoms with Gasteiger partial charge >= 0.3 is 5.97 Å². The Kier molecular flexibility index (Phi) is 2.29. The highest BCUT2D eigenvalue weighted by molar-refractivity contribution is 5.99. The summed E-state index contributed by atoms with van der Waals surface area (Å²) in [6.07, 6.45) is 1.87. The normalized spacial score (nSPS) is 19.0. The first kappa shape index (κ1) is 11.1. The number of hydrogen-bond donors (Lipinski definition) is 3. The standard InChI is InChI=1S/C13H14N2O3/c16-11-6-8-5-9(1-2-10(8)15-11)14-7-13(3-4-13)12(17)18/h1-2,5,14H,3-4,6-7H2,(H,15,16)(H,17,18). The highest BCUT2D eigenvalue weighted by Crippen LogP contribution is 2.45. The van der Waals surface area contributed by atoms with Crippen molar-refractivity contribution in [3.63, 3.8) is 0 Å². The van der Waals surface area contributed by atoms with Crippen molar-refractivity contribution in [2.45, 2.75) is 19.3 Å². The summed E-state index contributed by atoms with van der Waals surface area (Å²) in [6, 6.07) is 5.62. The smallest absolute Gasteiger partial charge is 0.311 e. The molecule has 94 valence electrons. The Bertz CT molecular complexity index is 535. The molecule has 1 saturated carbocycles. The van der Waals surface area contributed by atoms with E-state index in [1.165, 1.54) is 0 Å². The van der Waals surface area contributed by atoms with Crippen molar-refractivity contribution in [1.29, 1.82) is 0 Å². The van der Waals surface area contributed by atoms with Crippen LogP contribution in [0.15, 0.2) is 18.2 Å². The zero-order chi connectivity index (χ0) is 12.8. The summed E-state index contributed by atoms with van der Waals surface area (Å²) in [5.41, 5.74) is 2.11. The molecule has 0 bridgehead atoms. The van der Waals surface area contributed by atoms with Crippen molar-refractivity contribution < 1.29 is 14.7 Å². The fourth-order valence-electron chi connectivity index (χ4n) is 2.23. The molecule has 1 amide bonds. The molecule has 0 unspecified atom stereocenters. The lowest BCUT2D eigenvalue weighted by Crippen LogP contribution is -2.24. The lowest BCUT2D eigenvalue weighted by molar-refractivity contribution is -0.142. The second kappa shape index (κ2) is 3.73. The molecule has 1 heterocycles. The second-order valence-corrected chi connectivity index (χ2v) is 5.04. The first-order chi connectivity index (χ1) is 8.59. The molecule has 0 radical (unpaired) electrons. The van der Waals surface area contributed by atoms with Crippen LogP contribution in [0.4, 0.5) is 11.4 Å². The predicted octanol–water partition coefficient (Wildman–Crippen LogP) is 1.46. The fraction of sp³-hybridized carbons (Fsp3) is 0.385. The van der Waals surface area contributed by atoms with E-state index >= 15 is 0 Å². The van der Waals surface area contributed by atoms with Crippen molar-refractivity contribution >= 4 is 23.3 Å². The largest absolute Gasteiger partial charge is 0.481 e. The van der Waals surface area contributed by atoms with Crippen molar-refractivity contribution in [2.24, 2.45) is 5.41 Å². The van der Waals surface area contributed by atoms with Gasteiger partial charge in [-0.1, -0.05) is 0 Å². The van der Waals surface area contributed by atoms with Crippen LogP contribution in [0.5, 0.6) is 0 Å². The molecule has 3 rings (SSSR count). The van der Waals surface area contributed by atoms with Gasteiger partial charge in [0.2, 0.25) is 5.91 Å². The molecule has 5 nitrogen and oxygen atoms in total. The number of carbonyl (C=O) groups excluding carboxylic acids is 1. The minimum Gasteiger partial charge on any atom is -0.481 e. The molecule has 0 spiro atoms. The number of rotatable bonds is 4. The molecule has 1 aliphatic carbocycles. The molecule has 1 aromatic carbocycles. The van der Waals surface area contributed by atoms with E-state index in [2.05, 4.69) is 10.6 Å². The minimum atomic E-state index is -0.729. The van der Waals surface area contributed by atoms with Crippen LogP contribution >= 0.6 is 0 Å². The van der Waals surface area contributed by atoms with Crippen LogP contribution in [0.2, 0.25) is 0 Å². The SMILES string of the molecule is O=C1Cc2cc(NCC3(C(=O)O)CC3)ccc2N1. The number of benzene rings is 1. The second-order valence-electron chi connectivity index (χ2n) is 5.04. The third-order valence-corrected chi connectivity index (χ3v) is 3.67. The molecule has 18 heavy (non-hydrogen) atoms. The number of anilines is 2. The van der Waals surface area contributed by atoms with Gasteiger partial charge in [-0.15, -0.1) is 0 Å². The summed E-state index contributed by atoms with van der Waals surface area (Å²) in [7, 11) is 0. The Morgan fingerprint density at radius 3 is 2.89 bits per heavy atom. The van der Waals surface area contributed by atoms with E-state index in [9.17, 15) is 9.59 Å². The van der Waals surface area contributed by atoms with Gasteiger partial charge in [-0.3, -0.25) is 9.59 Å². The first-order valence-electron chi connectivity index (χ1n) is 5.99. The molecule has 1 fully saturated rings. The van der Waals surface area contributed by atoms with E-state index in [1.54, 1.807) is 0 Å². The molecule has 0 aromatic heterocycles. The van der Waals surface area contributed by atoms with Gasteiger partial charge in [0.05, 0.1) is 11.8 Å². The third-order valence-electron chi connectivity index (χ3n) is 3.67.